The number of halogens is 11. The number of rotatable bonds is 6. The van der Waals surface area contributed by atoms with E-state index in [0.717, 1.165) is 0 Å². The van der Waals surface area contributed by atoms with Gasteiger partial charge >= 0.3 is 30.1 Å². The molecule has 0 unspecified atom stereocenters. The lowest BCUT2D eigenvalue weighted by atomic mass is 10.0. The molecule has 0 saturated heterocycles. The molecule has 134 valence electrons. The van der Waals surface area contributed by atoms with Gasteiger partial charge in [-0.15, -0.1) is 0 Å². The SMILES string of the molecule is CCS(=O)(=O)OC(F)(F)C(F)(F)C(F)(F)C(F)(F)C(F)(F)F. The van der Waals surface area contributed by atoms with Crippen molar-refractivity contribution in [2.24, 2.45) is 0 Å². The maximum absolute atomic E-state index is 12.8. The van der Waals surface area contributed by atoms with Gasteiger partial charge in [0, 0.05) is 0 Å². The summed E-state index contributed by atoms with van der Waals surface area (Å²) in [5.74, 6) is -24.3. The Morgan fingerprint density at radius 2 is 1.09 bits per heavy atom. The molecule has 0 amide bonds. The molecule has 0 bridgehead atoms. The van der Waals surface area contributed by atoms with E-state index in [4.69, 9.17) is 0 Å². The van der Waals surface area contributed by atoms with Gasteiger partial charge in [-0.1, -0.05) is 0 Å². The number of hydrogen-bond donors (Lipinski definition) is 0. The molecule has 0 aromatic carbocycles. The fourth-order valence-corrected chi connectivity index (χ4v) is 1.37. The van der Waals surface area contributed by atoms with Crippen LogP contribution < -0.4 is 0 Å². The third kappa shape index (κ3) is 3.23. The van der Waals surface area contributed by atoms with Gasteiger partial charge in [0.2, 0.25) is 0 Å². The van der Waals surface area contributed by atoms with E-state index in [1.807, 2.05) is 0 Å². The van der Waals surface area contributed by atoms with E-state index in [-0.39, 0.29) is 0 Å². The van der Waals surface area contributed by atoms with Crippen LogP contribution in [0, 0.1) is 0 Å². The molecule has 0 spiro atoms. The van der Waals surface area contributed by atoms with Crippen LogP contribution in [-0.4, -0.2) is 44.2 Å². The highest BCUT2D eigenvalue weighted by Crippen LogP contribution is 2.57. The van der Waals surface area contributed by atoms with Gasteiger partial charge in [-0.05, 0) is 6.92 Å². The molecule has 0 aliphatic rings. The highest BCUT2D eigenvalue weighted by Gasteiger charge is 2.88. The van der Waals surface area contributed by atoms with E-state index in [9.17, 15) is 56.7 Å². The van der Waals surface area contributed by atoms with Gasteiger partial charge in [0.25, 0.3) is 10.1 Å². The molecule has 0 saturated carbocycles. The average molecular weight is 378 g/mol. The van der Waals surface area contributed by atoms with Gasteiger partial charge in [0.1, 0.15) is 0 Å². The van der Waals surface area contributed by atoms with E-state index in [1.54, 1.807) is 0 Å². The van der Waals surface area contributed by atoms with E-state index < -0.39 is 45.9 Å². The van der Waals surface area contributed by atoms with Crippen LogP contribution in [0.15, 0.2) is 0 Å². The molecule has 15 heteroatoms. The largest absolute Gasteiger partial charge is 0.460 e. The Morgan fingerprint density at radius 3 is 1.36 bits per heavy atom. The lowest BCUT2D eigenvalue weighted by Crippen LogP contribution is -2.67. The van der Waals surface area contributed by atoms with Crippen molar-refractivity contribution < 1.29 is 60.9 Å². The summed E-state index contributed by atoms with van der Waals surface area (Å²) in [5.41, 5.74) is 0. The Hall–Kier alpha value is -0.860. The molecule has 0 N–H and O–H groups in total. The lowest BCUT2D eigenvalue weighted by Gasteiger charge is -2.36. The smallest absolute Gasteiger partial charge is 0.199 e. The molecular formula is C7H5F11O3S. The third-order valence-electron chi connectivity index (χ3n) is 2.10. The van der Waals surface area contributed by atoms with Gasteiger partial charge in [-0.25, -0.2) is 0 Å². The molecule has 0 aromatic rings. The van der Waals surface area contributed by atoms with Crippen molar-refractivity contribution in [2.75, 3.05) is 5.75 Å². The van der Waals surface area contributed by atoms with Crippen molar-refractivity contribution >= 4 is 10.1 Å². The zero-order chi connectivity index (χ0) is 18.4. The minimum absolute atomic E-state index is 0.520. The maximum Gasteiger partial charge on any atom is 0.460 e. The fourth-order valence-electron chi connectivity index (χ4n) is 0.829. The minimum Gasteiger partial charge on any atom is -0.199 e. The second kappa shape index (κ2) is 5.35. The van der Waals surface area contributed by atoms with Crippen molar-refractivity contribution in [2.45, 2.75) is 37.0 Å². The zero-order valence-electron chi connectivity index (χ0n) is 10.00. The Morgan fingerprint density at radius 1 is 0.727 bits per heavy atom. The first-order valence-corrected chi connectivity index (χ1v) is 6.36. The van der Waals surface area contributed by atoms with Crippen molar-refractivity contribution in [3.63, 3.8) is 0 Å². The maximum atomic E-state index is 12.8. The molecule has 3 nitrogen and oxygen atoms in total. The van der Waals surface area contributed by atoms with Crippen LogP contribution in [0.5, 0.6) is 0 Å². The Balaban J connectivity index is 6.00. The van der Waals surface area contributed by atoms with Gasteiger partial charge in [-0.3, -0.25) is 0 Å². The van der Waals surface area contributed by atoms with Gasteiger partial charge in [-0.2, -0.15) is 60.9 Å². The summed E-state index contributed by atoms with van der Waals surface area (Å²) < 4.78 is 160. The lowest BCUT2D eigenvalue weighted by molar-refractivity contribution is -0.444. The van der Waals surface area contributed by atoms with Gasteiger partial charge < -0.3 is 0 Å². The van der Waals surface area contributed by atoms with Gasteiger partial charge in [0.15, 0.2) is 0 Å². The average Bonchev–Trinajstić information content (AvgIpc) is 2.25. The van der Waals surface area contributed by atoms with Gasteiger partial charge in [0.05, 0.1) is 5.75 Å². The summed E-state index contributed by atoms with van der Waals surface area (Å²) in [6, 6.07) is 0. The molecule has 0 rings (SSSR count). The van der Waals surface area contributed by atoms with Crippen LogP contribution in [0.25, 0.3) is 0 Å². The summed E-state index contributed by atoms with van der Waals surface area (Å²) in [6.07, 6.45) is -14.2. The second-order valence-electron chi connectivity index (χ2n) is 3.67. The topological polar surface area (TPSA) is 43.4 Å². The highest BCUT2D eigenvalue weighted by molar-refractivity contribution is 7.86. The van der Waals surface area contributed by atoms with Crippen molar-refractivity contribution in [3.8, 4) is 0 Å². The van der Waals surface area contributed by atoms with Crippen LogP contribution in [0.4, 0.5) is 48.3 Å². The van der Waals surface area contributed by atoms with Crippen LogP contribution in [-0.2, 0) is 14.3 Å². The Bertz CT molecular complexity index is 506. The van der Waals surface area contributed by atoms with Crippen molar-refractivity contribution in [3.05, 3.63) is 0 Å². The first kappa shape index (κ1) is 21.1. The zero-order valence-corrected chi connectivity index (χ0v) is 10.8. The summed E-state index contributed by atoms with van der Waals surface area (Å²) in [6.45, 7) is 0.520. The minimum atomic E-state index is -7.70. The van der Waals surface area contributed by atoms with E-state index in [0.29, 0.717) is 6.92 Å². The highest BCUT2D eigenvalue weighted by atomic mass is 32.2. The van der Waals surface area contributed by atoms with E-state index in [1.165, 1.54) is 0 Å². The monoisotopic (exact) mass is 378 g/mol. The standard InChI is InChI=1S/C7H5F11O3S/c1-2-22(19,20)21-7(17,18)5(12,13)3(8,9)4(10,11)6(14,15)16/h2H2,1H3. The molecule has 0 fully saturated rings. The molecule has 0 aliphatic carbocycles. The molecule has 22 heavy (non-hydrogen) atoms. The van der Waals surface area contributed by atoms with E-state index >= 15 is 0 Å². The van der Waals surface area contributed by atoms with Crippen LogP contribution >= 0.6 is 0 Å². The predicted octanol–water partition coefficient (Wildman–Crippen LogP) is 3.41. The molecule has 0 heterocycles. The molecular weight excluding hydrogens is 373 g/mol. The number of alkyl halides is 11. The van der Waals surface area contributed by atoms with E-state index in [2.05, 4.69) is 4.18 Å². The summed E-state index contributed by atoms with van der Waals surface area (Å²) in [5, 5.41) is 0. The van der Waals surface area contributed by atoms with Crippen LogP contribution in [0.3, 0.4) is 0 Å². The van der Waals surface area contributed by atoms with Crippen LogP contribution in [0.2, 0.25) is 0 Å². The molecule has 0 aromatic heterocycles. The summed E-state index contributed by atoms with van der Waals surface area (Å²) >= 11 is 0. The summed E-state index contributed by atoms with van der Waals surface area (Å²) in [4.78, 5) is 0. The van der Waals surface area contributed by atoms with Crippen molar-refractivity contribution in [1.82, 2.24) is 0 Å². The van der Waals surface area contributed by atoms with Crippen LogP contribution in [0.1, 0.15) is 6.92 Å². The molecule has 0 radical (unpaired) electrons. The second-order valence-corrected chi connectivity index (χ2v) is 5.53. The predicted molar refractivity (Wildman–Crippen MR) is 46.4 cm³/mol. The number of hydrogen-bond acceptors (Lipinski definition) is 3. The fraction of sp³-hybridized carbons (Fsp3) is 1.00. The summed E-state index contributed by atoms with van der Waals surface area (Å²) in [7, 11) is -5.59. The molecule has 0 aliphatic heterocycles. The third-order valence-corrected chi connectivity index (χ3v) is 3.27. The first-order chi connectivity index (χ1) is 9.27. The van der Waals surface area contributed by atoms with Crippen molar-refractivity contribution in [1.29, 1.82) is 0 Å². The quantitative estimate of drug-likeness (QED) is 0.526. The normalized spacial score (nSPS) is 16.0. The Kier molecular flexibility index (Phi) is 5.14. The Labute approximate surface area is 115 Å². The first-order valence-electron chi connectivity index (χ1n) is 4.78. The molecule has 0 atom stereocenters.